The van der Waals surface area contributed by atoms with Crippen molar-refractivity contribution in [2.24, 2.45) is 5.92 Å². The van der Waals surface area contributed by atoms with E-state index in [9.17, 15) is 13.2 Å². The molecule has 0 nitrogen and oxygen atoms in total. The molecule has 0 amide bonds. The zero-order valence-corrected chi connectivity index (χ0v) is 14.1. The van der Waals surface area contributed by atoms with Crippen LogP contribution < -0.4 is 0 Å². The van der Waals surface area contributed by atoms with Gasteiger partial charge in [-0.1, -0.05) is 38.3 Å². The highest BCUT2D eigenvalue weighted by molar-refractivity contribution is 8.54. The third kappa shape index (κ3) is 2.48. The Bertz CT molecular complexity index is 602. The molecule has 1 atom stereocenters. The molecule has 0 saturated heterocycles. The van der Waals surface area contributed by atoms with Gasteiger partial charge in [-0.2, -0.15) is 13.2 Å². The number of benzene rings is 1. The molecule has 0 N–H and O–H groups in total. The van der Waals surface area contributed by atoms with Gasteiger partial charge in [-0.15, -0.1) is 0 Å². The smallest absolute Gasteiger partial charge is 0.160 e. The molecule has 0 bridgehead atoms. The van der Waals surface area contributed by atoms with Gasteiger partial charge in [0.15, 0.2) is 0 Å². The van der Waals surface area contributed by atoms with Crippen molar-refractivity contribution in [2.75, 3.05) is 0 Å². The quantitative estimate of drug-likeness (QED) is 0.538. The molecule has 122 valence electrons. The van der Waals surface area contributed by atoms with Gasteiger partial charge in [0.1, 0.15) is 0 Å². The van der Waals surface area contributed by atoms with Gasteiger partial charge in [0.25, 0.3) is 0 Å². The van der Waals surface area contributed by atoms with Crippen LogP contribution in [-0.4, -0.2) is 5.51 Å². The molecule has 0 aromatic heterocycles. The molecular weight excluding hydrogens is 329 g/mol. The number of hydrogen-bond acceptors (Lipinski definition) is 0. The molecule has 1 aliphatic carbocycles. The topological polar surface area (TPSA) is 0 Å². The minimum atomic E-state index is -4.39. The van der Waals surface area contributed by atoms with Gasteiger partial charge in [0.2, 0.25) is 0 Å². The lowest BCUT2D eigenvalue weighted by atomic mass is 9.88. The molecule has 5 heteroatoms. The fraction of sp³-hybridized carbons (Fsp3) is 0.529. The molecule has 0 radical (unpaired) electrons. The zero-order valence-electron chi connectivity index (χ0n) is 12.5. The van der Waals surface area contributed by atoms with Crippen molar-refractivity contribution >= 4 is 26.0 Å². The Morgan fingerprint density at radius 2 is 1.86 bits per heavy atom. The maximum Gasteiger partial charge on any atom is 0.445 e. The molecule has 1 heterocycles. The maximum absolute atomic E-state index is 13.9. The summed E-state index contributed by atoms with van der Waals surface area (Å²) in [4.78, 5) is 0.756. The lowest BCUT2D eigenvalue weighted by Gasteiger charge is -2.39. The Kier molecular flexibility index (Phi) is 4.28. The fourth-order valence-electron chi connectivity index (χ4n) is 3.52. The van der Waals surface area contributed by atoms with Gasteiger partial charge in [-0.25, -0.2) is 0 Å². The normalized spacial score (nSPS) is 28.9. The van der Waals surface area contributed by atoms with Gasteiger partial charge >= 0.3 is 5.51 Å². The minimum absolute atomic E-state index is 0.0136. The lowest BCUT2D eigenvalue weighted by molar-refractivity contribution is -0.0361. The SMILES string of the molecule is CCc1ccc2c(c1)S(Cl)(C(F)(F)F)C(C1CCCCC1)=C2. The predicted octanol–water partition coefficient (Wildman–Crippen LogP) is 7.02. The van der Waals surface area contributed by atoms with Crippen LogP contribution >= 0.6 is 19.9 Å². The van der Waals surface area contributed by atoms with E-state index >= 15 is 0 Å². The summed E-state index contributed by atoms with van der Waals surface area (Å²) in [7, 11) is 2.98. The Hall–Kier alpha value is -0.610. The molecule has 1 aliphatic heterocycles. The predicted molar refractivity (Wildman–Crippen MR) is 88.1 cm³/mol. The van der Waals surface area contributed by atoms with Crippen LogP contribution in [0.2, 0.25) is 0 Å². The van der Waals surface area contributed by atoms with Crippen LogP contribution in [0.25, 0.3) is 6.08 Å². The number of halogens is 4. The third-order valence-electron chi connectivity index (χ3n) is 4.74. The number of rotatable bonds is 2. The zero-order chi connectivity index (χ0) is 16.0. The number of fused-ring (bicyclic) bond motifs is 1. The molecule has 3 rings (SSSR count). The fourth-order valence-corrected chi connectivity index (χ4v) is 6.95. The van der Waals surface area contributed by atoms with E-state index in [-0.39, 0.29) is 5.92 Å². The van der Waals surface area contributed by atoms with E-state index in [0.29, 0.717) is 15.4 Å². The Morgan fingerprint density at radius 1 is 1.18 bits per heavy atom. The largest absolute Gasteiger partial charge is 0.445 e. The van der Waals surface area contributed by atoms with Crippen molar-refractivity contribution < 1.29 is 13.2 Å². The van der Waals surface area contributed by atoms with Crippen molar-refractivity contribution in [3.05, 3.63) is 34.2 Å². The molecule has 22 heavy (non-hydrogen) atoms. The summed E-state index contributed by atoms with van der Waals surface area (Å²) in [6.45, 7) is 1.95. The highest BCUT2D eigenvalue weighted by Gasteiger charge is 2.57. The summed E-state index contributed by atoms with van der Waals surface area (Å²) in [6, 6.07) is 5.39. The monoisotopic (exact) mass is 348 g/mol. The molecule has 2 aliphatic rings. The van der Waals surface area contributed by atoms with Crippen molar-refractivity contribution in [1.29, 1.82) is 0 Å². The number of alkyl halides is 3. The van der Waals surface area contributed by atoms with Gasteiger partial charge < -0.3 is 0 Å². The summed E-state index contributed by atoms with van der Waals surface area (Å²) in [5.41, 5.74) is -2.81. The lowest BCUT2D eigenvalue weighted by Crippen LogP contribution is -2.21. The van der Waals surface area contributed by atoms with Crippen molar-refractivity contribution in [3.63, 3.8) is 0 Å². The highest BCUT2D eigenvalue weighted by atomic mass is 35.7. The second-order valence-corrected chi connectivity index (χ2v) is 9.93. The van der Waals surface area contributed by atoms with Crippen LogP contribution in [0, 0.1) is 5.92 Å². The number of hydrogen-bond donors (Lipinski definition) is 0. The Labute approximate surface area is 135 Å². The molecule has 1 aromatic carbocycles. The maximum atomic E-state index is 13.9. The minimum Gasteiger partial charge on any atom is -0.160 e. The van der Waals surface area contributed by atoms with Crippen molar-refractivity contribution in [1.82, 2.24) is 0 Å². The van der Waals surface area contributed by atoms with Crippen LogP contribution in [0.15, 0.2) is 28.0 Å². The second kappa shape index (κ2) is 5.79. The summed E-state index contributed by atoms with van der Waals surface area (Å²) in [5.74, 6) is -0.0136. The Balaban J connectivity index is 2.10. The molecule has 1 unspecified atom stereocenters. The average molecular weight is 349 g/mol. The van der Waals surface area contributed by atoms with E-state index in [2.05, 4.69) is 0 Å². The van der Waals surface area contributed by atoms with Crippen molar-refractivity contribution in [2.45, 2.75) is 55.9 Å². The Morgan fingerprint density at radius 3 is 2.45 bits per heavy atom. The number of allylic oxidation sites excluding steroid dienone is 1. The molecule has 1 fully saturated rings. The van der Waals surface area contributed by atoms with Gasteiger partial charge in [-0.3, -0.25) is 0 Å². The van der Waals surface area contributed by atoms with E-state index in [1.807, 2.05) is 13.0 Å². The summed E-state index contributed by atoms with van der Waals surface area (Å²) in [6.07, 6.45) is 7.24. The van der Waals surface area contributed by atoms with E-state index in [4.69, 9.17) is 10.7 Å². The second-order valence-electron chi connectivity index (χ2n) is 6.09. The van der Waals surface area contributed by atoms with Crippen LogP contribution in [0.4, 0.5) is 13.2 Å². The first kappa shape index (κ1) is 16.3. The van der Waals surface area contributed by atoms with Gasteiger partial charge in [0, 0.05) is 4.90 Å². The van der Waals surface area contributed by atoms with Crippen LogP contribution in [-0.2, 0) is 6.42 Å². The van der Waals surface area contributed by atoms with Crippen LogP contribution in [0.3, 0.4) is 0 Å². The third-order valence-corrected chi connectivity index (χ3v) is 8.99. The van der Waals surface area contributed by atoms with Crippen molar-refractivity contribution in [3.8, 4) is 0 Å². The first-order valence-corrected chi connectivity index (χ1v) is 10.3. The van der Waals surface area contributed by atoms with Gasteiger partial charge in [-0.05, 0) is 73.3 Å². The number of aryl methyl sites for hydroxylation is 1. The molecule has 1 aromatic rings. The van der Waals surface area contributed by atoms with E-state index in [1.165, 1.54) is 0 Å². The summed E-state index contributed by atoms with van der Waals surface area (Å²) < 4.78 is 41.8. The van der Waals surface area contributed by atoms with E-state index in [0.717, 1.165) is 44.1 Å². The van der Waals surface area contributed by atoms with Crippen LogP contribution in [0.5, 0.6) is 0 Å². The summed E-state index contributed by atoms with van der Waals surface area (Å²) >= 11 is 0. The van der Waals surface area contributed by atoms with E-state index in [1.54, 1.807) is 18.2 Å². The standard InChI is InChI=1S/C17H20ClF3S/c1-2-12-8-9-14-11-16(13-6-4-3-5-7-13)22(18,15(14)10-12)17(19,20)21/h8-11,13H,2-7H2,1H3. The van der Waals surface area contributed by atoms with E-state index < -0.39 is 14.7 Å². The van der Waals surface area contributed by atoms with Crippen LogP contribution in [0.1, 0.15) is 50.2 Å². The molecule has 0 spiro atoms. The van der Waals surface area contributed by atoms with Gasteiger partial charge in [0.05, 0.1) is 0 Å². The first-order chi connectivity index (χ1) is 10.4. The molecular formula is C17H20ClF3S. The first-order valence-electron chi connectivity index (χ1n) is 7.81. The summed E-state index contributed by atoms with van der Waals surface area (Å²) in [5, 5.41) is 0. The average Bonchev–Trinajstić information content (AvgIpc) is 2.82. The molecule has 1 saturated carbocycles. The highest BCUT2D eigenvalue weighted by Crippen LogP contribution is 2.81.